The molecule has 0 aliphatic heterocycles. The number of ketones is 1. The van der Waals surface area contributed by atoms with Crippen LogP contribution < -0.4 is 0 Å². The zero-order chi connectivity index (χ0) is 13.8. The fourth-order valence-electron chi connectivity index (χ4n) is 2.25. The quantitative estimate of drug-likeness (QED) is 0.480. The van der Waals surface area contributed by atoms with Crippen LogP contribution in [0.2, 0.25) is 0 Å². The van der Waals surface area contributed by atoms with E-state index < -0.39 is 12.2 Å². The third kappa shape index (κ3) is 2.93. The Balaban J connectivity index is 2.11. The number of aryl methyl sites for hydroxylation is 1. The van der Waals surface area contributed by atoms with E-state index in [-0.39, 0.29) is 18.7 Å². The fraction of sp³-hybridized carbons (Fsp3) is 0.462. The Labute approximate surface area is 110 Å². The van der Waals surface area contributed by atoms with Crippen molar-refractivity contribution in [2.75, 3.05) is 6.54 Å². The van der Waals surface area contributed by atoms with Gasteiger partial charge in [-0.3, -0.25) is 4.79 Å². The number of hydrogen-bond donors (Lipinski definition) is 2. The summed E-state index contributed by atoms with van der Waals surface area (Å²) in [5, 5.41) is 23.1. The van der Waals surface area contributed by atoms with Gasteiger partial charge in [-0.2, -0.15) is 0 Å². The van der Waals surface area contributed by atoms with E-state index in [0.29, 0.717) is 17.5 Å². The van der Waals surface area contributed by atoms with Crippen molar-refractivity contribution < 1.29 is 15.0 Å². The molecule has 2 unspecified atom stereocenters. The van der Waals surface area contributed by atoms with Gasteiger partial charge in [-0.15, -0.1) is 0 Å². The number of aliphatic hydroxyl groups is 2. The van der Waals surface area contributed by atoms with Gasteiger partial charge >= 0.3 is 0 Å². The Kier molecular flexibility index (Phi) is 4.16. The number of fused-ring (bicyclic) bond motifs is 1. The fourth-order valence-corrected chi connectivity index (χ4v) is 2.25. The zero-order valence-corrected chi connectivity index (χ0v) is 10.4. The molecule has 2 atom stereocenters. The van der Waals surface area contributed by atoms with E-state index in [1.165, 1.54) is 0 Å². The van der Waals surface area contributed by atoms with Crippen LogP contribution in [0.5, 0.6) is 0 Å². The second-order valence-electron chi connectivity index (χ2n) is 4.60. The molecule has 1 aromatic rings. The van der Waals surface area contributed by atoms with Crippen LogP contribution in [0.4, 0.5) is 0 Å². The smallest absolute Gasteiger partial charge is 0.163 e. The lowest BCUT2D eigenvalue weighted by Gasteiger charge is -2.18. The number of aliphatic hydroxyl groups excluding tert-OH is 2. The Hall–Kier alpha value is -1.88. The van der Waals surface area contributed by atoms with Crippen LogP contribution >= 0.6 is 0 Å². The molecule has 2 rings (SSSR count). The average Bonchev–Trinajstić information content (AvgIpc) is 2.79. The Morgan fingerprint density at radius 3 is 2.89 bits per heavy atom. The molecule has 0 bridgehead atoms. The van der Waals surface area contributed by atoms with Crippen molar-refractivity contribution in [3.8, 4) is 0 Å². The van der Waals surface area contributed by atoms with Crippen LogP contribution in [0.3, 0.4) is 0 Å². The Morgan fingerprint density at radius 1 is 1.37 bits per heavy atom. The third-order valence-corrected chi connectivity index (χ3v) is 3.35. The van der Waals surface area contributed by atoms with Crippen LogP contribution in [0, 0.1) is 0 Å². The van der Waals surface area contributed by atoms with Gasteiger partial charge in [-0.25, -0.2) is 0 Å². The van der Waals surface area contributed by atoms with Gasteiger partial charge in [0.2, 0.25) is 0 Å². The summed E-state index contributed by atoms with van der Waals surface area (Å²) in [6.45, 7) is 0.124. The largest absolute Gasteiger partial charge is 0.390 e. The minimum absolute atomic E-state index is 0.0765. The highest BCUT2D eigenvalue weighted by atomic mass is 16.3. The highest BCUT2D eigenvalue weighted by molar-refractivity contribution is 6.00. The first-order chi connectivity index (χ1) is 9.13. The van der Waals surface area contributed by atoms with Crippen LogP contribution in [-0.4, -0.2) is 28.6 Å². The van der Waals surface area contributed by atoms with Crippen molar-refractivity contribution in [1.82, 2.24) is 0 Å². The minimum atomic E-state index is -1.08. The van der Waals surface area contributed by atoms with Crippen LogP contribution in [-0.2, 0) is 6.42 Å². The van der Waals surface area contributed by atoms with Gasteiger partial charge in [0.25, 0.3) is 0 Å². The van der Waals surface area contributed by atoms with Crippen molar-refractivity contribution in [2.24, 2.45) is 5.11 Å². The number of Topliss-reactive ketones (excluding diaryl/α,β-unsaturated/α-hetero) is 1. The number of azide groups is 1. The number of carbonyl (C=O) groups is 1. The molecular weight excluding hydrogens is 246 g/mol. The maximum absolute atomic E-state index is 11.6. The number of hydrogen-bond acceptors (Lipinski definition) is 4. The molecule has 0 spiro atoms. The summed E-state index contributed by atoms with van der Waals surface area (Å²) in [6, 6.07) is 5.18. The normalized spacial score (nSPS) is 16.6. The van der Waals surface area contributed by atoms with E-state index in [0.717, 1.165) is 12.0 Å². The molecule has 2 N–H and O–H groups in total. The Morgan fingerprint density at radius 2 is 2.16 bits per heavy atom. The second kappa shape index (κ2) is 5.84. The molecular formula is C13H15N3O3. The van der Waals surface area contributed by atoms with Gasteiger partial charge in [-0.1, -0.05) is 17.2 Å². The van der Waals surface area contributed by atoms with Gasteiger partial charge in [0, 0.05) is 23.4 Å². The number of rotatable bonds is 5. The molecule has 19 heavy (non-hydrogen) atoms. The molecule has 0 aromatic heterocycles. The summed E-state index contributed by atoms with van der Waals surface area (Å²) >= 11 is 0. The van der Waals surface area contributed by atoms with Gasteiger partial charge in [0.15, 0.2) is 5.78 Å². The summed E-state index contributed by atoms with van der Waals surface area (Å²) in [5.74, 6) is 0.0765. The highest BCUT2D eigenvalue weighted by Gasteiger charge is 2.23. The predicted octanol–water partition coefficient (Wildman–Crippen LogP) is 1.91. The molecule has 0 saturated heterocycles. The molecule has 0 amide bonds. The highest BCUT2D eigenvalue weighted by Crippen LogP contribution is 2.27. The molecule has 0 heterocycles. The van der Waals surface area contributed by atoms with Gasteiger partial charge in [-0.05, 0) is 35.6 Å². The first-order valence-electron chi connectivity index (χ1n) is 6.16. The van der Waals surface area contributed by atoms with Gasteiger partial charge in [0.1, 0.15) is 6.10 Å². The van der Waals surface area contributed by atoms with E-state index >= 15 is 0 Å². The lowest BCUT2D eigenvalue weighted by atomic mass is 9.98. The lowest BCUT2D eigenvalue weighted by molar-refractivity contribution is 0.0150. The average molecular weight is 261 g/mol. The summed E-state index contributed by atoms with van der Waals surface area (Å²) in [4.78, 5) is 14.2. The van der Waals surface area contributed by atoms with Crippen LogP contribution in [0.15, 0.2) is 23.3 Å². The van der Waals surface area contributed by atoms with Crippen molar-refractivity contribution in [1.29, 1.82) is 0 Å². The van der Waals surface area contributed by atoms with E-state index in [1.807, 2.05) is 6.07 Å². The van der Waals surface area contributed by atoms with Crippen molar-refractivity contribution >= 4 is 5.78 Å². The molecule has 0 saturated carbocycles. The van der Waals surface area contributed by atoms with E-state index in [2.05, 4.69) is 10.0 Å². The van der Waals surface area contributed by atoms with Crippen molar-refractivity contribution in [3.63, 3.8) is 0 Å². The first-order valence-corrected chi connectivity index (χ1v) is 6.16. The molecule has 6 heteroatoms. The number of carbonyl (C=O) groups excluding carboxylic acids is 1. The molecule has 1 aromatic carbocycles. The molecule has 6 nitrogen and oxygen atoms in total. The monoisotopic (exact) mass is 261 g/mol. The number of nitrogens with zero attached hydrogens (tertiary/aromatic N) is 3. The number of benzene rings is 1. The molecule has 1 aliphatic carbocycles. The van der Waals surface area contributed by atoms with Crippen LogP contribution in [0.25, 0.3) is 10.4 Å². The third-order valence-electron chi connectivity index (χ3n) is 3.35. The van der Waals surface area contributed by atoms with Crippen molar-refractivity contribution in [3.05, 3.63) is 45.3 Å². The van der Waals surface area contributed by atoms with E-state index in [9.17, 15) is 15.0 Å². The lowest BCUT2D eigenvalue weighted by Crippen LogP contribution is -2.19. The summed E-state index contributed by atoms with van der Waals surface area (Å²) in [5.41, 5.74) is 10.3. The maximum atomic E-state index is 11.6. The predicted molar refractivity (Wildman–Crippen MR) is 68.7 cm³/mol. The molecule has 0 fully saturated rings. The maximum Gasteiger partial charge on any atom is 0.163 e. The zero-order valence-electron chi connectivity index (χ0n) is 10.4. The van der Waals surface area contributed by atoms with E-state index in [4.69, 9.17) is 5.53 Å². The summed E-state index contributed by atoms with van der Waals surface area (Å²) < 4.78 is 0. The summed E-state index contributed by atoms with van der Waals surface area (Å²) in [6.07, 6.45) is -0.665. The van der Waals surface area contributed by atoms with Crippen LogP contribution in [0.1, 0.15) is 40.4 Å². The minimum Gasteiger partial charge on any atom is -0.390 e. The standard InChI is InChI=1S/C13H15N3O3/c14-16-15-6-5-12(18)13(19)9-2-1-8-3-4-11(17)10(8)7-9/h1-2,7,12-13,18-19H,3-6H2. The Bertz CT molecular complexity index is 538. The summed E-state index contributed by atoms with van der Waals surface area (Å²) in [7, 11) is 0. The molecule has 0 radical (unpaired) electrons. The van der Waals surface area contributed by atoms with E-state index in [1.54, 1.807) is 12.1 Å². The van der Waals surface area contributed by atoms with Gasteiger partial charge in [0.05, 0.1) is 6.10 Å². The SMILES string of the molecule is [N-]=[N+]=NCCC(O)C(O)c1ccc2c(c1)C(=O)CC2. The molecule has 1 aliphatic rings. The second-order valence-corrected chi connectivity index (χ2v) is 4.60. The van der Waals surface area contributed by atoms with Gasteiger partial charge < -0.3 is 10.2 Å². The molecule has 100 valence electrons. The first kappa shape index (κ1) is 13.5. The topological polar surface area (TPSA) is 106 Å². The van der Waals surface area contributed by atoms with Crippen molar-refractivity contribution in [2.45, 2.75) is 31.5 Å².